The van der Waals surface area contributed by atoms with Crippen LogP contribution < -0.4 is 10.6 Å². The molecule has 0 spiro atoms. The van der Waals surface area contributed by atoms with Crippen LogP contribution in [0.4, 0.5) is 0 Å². The summed E-state index contributed by atoms with van der Waals surface area (Å²) in [5, 5.41) is 7.91. The van der Waals surface area contributed by atoms with Gasteiger partial charge in [-0.1, -0.05) is 6.07 Å². The molecule has 1 aromatic heterocycles. The minimum absolute atomic E-state index is 0.0280. The number of hydrogen-bond acceptors (Lipinski definition) is 4. The third-order valence-electron chi connectivity index (χ3n) is 3.12. The lowest BCUT2D eigenvalue weighted by Crippen LogP contribution is -2.59. The molecule has 19 heavy (non-hydrogen) atoms. The molecule has 1 fully saturated rings. The second kappa shape index (κ2) is 6.68. The van der Waals surface area contributed by atoms with Gasteiger partial charge in [0.2, 0.25) is 11.8 Å². The molecule has 0 saturated carbocycles. The van der Waals surface area contributed by atoms with Crippen molar-refractivity contribution in [3.63, 3.8) is 0 Å². The Labute approximate surface area is 117 Å². The Bertz CT molecular complexity index is 433. The van der Waals surface area contributed by atoms with Crippen LogP contribution in [0.5, 0.6) is 0 Å². The van der Waals surface area contributed by atoms with E-state index < -0.39 is 0 Å². The van der Waals surface area contributed by atoms with E-state index in [-0.39, 0.29) is 17.9 Å². The van der Waals surface area contributed by atoms with Crippen molar-refractivity contribution in [2.45, 2.75) is 19.4 Å². The SMILES string of the molecule is CCNC(=O)C1CNCCN1C(=O)Cc1cccs1. The topological polar surface area (TPSA) is 61.4 Å². The first-order chi connectivity index (χ1) is 9.22. The van der Waals surface area contributed by atoms with Gasteiger partial charge in [0.1, 0.15) is 6.04 Å². The van der Waals surface area contributed by atoms with Gasteiger partial charge >= 0.3 is 0 Å². The number of carbonyl (C=O) groups is 2. The molecule has 1 aromatic rings. The first-order valence-electron chi connectivity index (χ1n) is 6.52. The Hall–Kier alpha value is -1.40. The Morgan fingerprint density at radius 2 is 2.42 bits per heavy atom. The van der Waals surface area contributed by atoms with Crippen molar-refractivity contribution >= 4 is 23.2 Å². The molecule has 6 heteroatoms. The van der Waals surface area contributed by atoms with Crippen molar-refractivity contribution in [3.8, 4) is 0 Å². The molecule has 1 aliphatic rings. The highest BCUT2D eigenvalue weighted by molar-refractivity contribution is 7.10. The van der Waals surface area contributed by atoms with Crippen LogP contribution in [0.15, 0.2) is 17.5 Å². The van der Waals surface area contributed by atoms with E-state index >= 15 is 0 Å². The van der Waals surface area contributed by atoms with Crippen molar-refractivity contribution in [1.82, 2.24) is 15.5 Å². The van der Waals surface area contributed by atoms with E-state index in [1.54, 1.807) is 16.2 Å². The number of rotatable bonds is 4. The summed E-state index contributed by atoms with van der Waals surface area (Å²) >= 11 is 1.57. The second-order valence-corrected chi connectivity index (χ2v) is 5.49. The lowest BCUT2D eigenvalue weighted by molar-refractivity contribution is -0.141. The highest BCUT2D eigenvalue weighted by Crippen LogP contribution is 2.13. The zero-order valence-electron chi connectivity index (χ0n) is 11.0. The lowest BCUT2D eigenvalue weighted by atomic mass is 10.1. The number of nitrogens with one attached hydrogen (secondary N) is 2. The standard InChI is InChI=1S/C13H19N3O2S/c1-2-15-13(18)11-9-14-5-6-16(11)12(17)8-10-4-3-7-19-10/h3-4,7,11,14H,2,5-6,8-9H2,1H3,(H,15,18). The average Bonchev–Trinajstić information content (AvgIpc) is 2.92. The van der Waals surface area contributed by atoms with Crippen LogP contribution in [0.3, 0.4) is 0 Å². The van der Waals surface area contributed by atoms with Gasteiger partial charge in [-0.2, -0.15) is 0 Å². The number of piperazine rings is 1. The van der Waals surface area contributed by atoms with E-state index in [9.17, 15) is 9.59 Å². The molecule has 2 heterocycles. The summed E-state index contributed by atoms with van der Waals surface area (Å²) in [5.74, 6) is -0.0468. The van der Waals surface area contributed by atoms with E-state index in [2.05, 4.69) is 10.6 Å². The van der Waals surface area contributed by atoms with Gasteiger partial charge in [-0.15, -0.1) is 11.3 Å². The zero-order valence-corrected chi connectivity index (χ0v) is 11.8. The van der Waals surface area contributed by atoms with Gasteiger partial charge in [0, 0.05) is 31.1 Å². The van der Waals surface area contributed by atoms with Crippen LogP contribution in [0.2, 0.25) is 0 Å². The van der Waals surface area contributed by atoms with Gasteiger partial charge in [-0.25, -0.2) is 0 Å². The third kappa shape index (κ3) is 3.54. The minimum atomic E-state index is -0.388. The van der Waals surface area contributed by atoms with Gasteiger partial charge < -0.3 is 15.5 Å². The van der Waals surface area contributed by atoms with Gasteiger partial charge in [0.15, 0.2) is 0 Å². The van der Waals surface area contributed by atoms with Crippen LogP contribution in [-0.2, 0) is 16.0 Å². The summed E-state index contributed by atoms with van der Waals surface area (Å²) in [7, 11) is 0. The molecule has 1 aliphatic heterocycles. The highest BCUT2D eigenvalue weighted by atomic mass is 32.1. The molecule has 5 nitrogen and oxygen atoms in total. The third-order valence-corrected chi connectivity index (χ3v) is 4.00. The van der Waals surface area contributed by atoms with E-state index in [1.165, 1.54) is 0 Å². The number of hydrogen-bond donors (Lipinski definition) is 2. The largest absolute Gasteiger partial charge is 0.355 e. The molecular weight excluding hydrogens is 262 g/mol. The fourth-order valence-electron chi connectivity index (χ4n) is 2.19. The summed E-state index contributed by atoms with van der Waals surface area (Å²) in [6.07, 6.45) is 0.383. The van der Waals surface area contributed by atoms with Crippen molar-refractivity contribution < 1.29 is 9.59 Å². The predicted molar refractivity (Wildman–Crippen MR) is 75.1 cm³/mol. The second-order valence-electron chi connectivity index (χ2n) is 4.46. The van der Waals surface area contributed by atoms with Crippen LogP contribution in [0.1, 0.15) is 11.8 Å². The van der Waals surface area contributed by atoms with E-state index in [0.717, 1.165) is 11.4 Å². The van der Waals surface area contributed by atoms with E-state index in [0.29, 0.717) is 26.1 Å². The molecule has 2 N–H and O–H groups in total. The Balaban J connectivity index is 2.02. The molecule has 104 valence electrons. The number of nitrogens with zero attached hydrogens (tertiary/aromatic N) is 1. The van der Waals surface area contributed by atoms with Crippen molar-refractivity contribution in [1.29, 1.82) is 0 Å². The van der Waals surface area contributed by atoms with Crippen molar-refractivity contribution in [2.75, 3.05) is 26.2 Å². The summed E-state index contributed by atoms with van der Waals surface area (Å²) in [4.78, 5) is 27.0. The fourth-order valence-corrected chi connectivity index (χ4v) is 2.89. The smallest absolute Gasteiger partial charge is 0.244 e. The zero-order chi connectivity index (χ0) is 13.7. The molecule has 2 rings (SSSR count). The number of thiophene rings is 1. The number of carbonyl (C=O) groups excluding carboxylic acids is 2. The van der Waals surface area contributed by atoms with Gasteiger partial charge in [-0.3, -0.25) is 9.59 Å². The fraction of sp³-hybridized carbons (Fsp3) is 0.538. The Morgan fingerprint density at radius 3 is 3.11 bits per heavy atom. The Morgan fingerprint density at radius 1 is 1.58 bits per heavy atom. The van der Waals surface area contributed by atoms with Crippen LogP contribution in [0.25, 0.3) is 0 Å². The van der Waals surface area contributed by atoms with Crippen molar-refractivity contribution in [2.24, 2.45) is 0 Å². The minimum Gasteiger partial charge on any atom is -0.355 e. The Kier molecular flexibility index (Phi) is 4.93. The van der Waals surface area contributed by atoms with Crippen LogP contribution >= 0.6 is 11.3 Å². The highest BCUT2D eigenvalue weighted by Gasteiger charge is 2.31. The monoisotopic (exact) mass is 281 g/mol. The molecule has 1 unspecified atom stereocenters. The molecule has 0 aromatic carbocycles. The molecule has 0 radical (unpaired) electrons. The molecule has 2 amide bonds. The first-order valence-corrected chi connectivity index (χ1v) is 7.40. The maximum atomic E-state index is 12.3. The maximum absolute atomic E-state index is 12.3. The molecule has 1 atom stereocenters. The van der Waals surface area contributed by atoms with Gasteiger partial charge in [0.25, 0.3) is 0 Å². The van der Waals surface area contributed by atoms with Gasteiger partial charge in [-0.05, 0) is 18.4 Å². The van der Waals surface area contributed by atoms with E-state index in [4.69, 9.17) is 0 Å². The normalized spacial score (nSPS) is 19.2. The van der Waals surface area contributed by atoms with Crippen molar-refractivity contribution in [3.05, 3.63) is 22.4 Å². The summed E-state index contributed by atoms with van der Waals surface area (Å²) < 4.78 is 0. The molecule has 1 saturated heterocycles. The maximum Gasteiger partial charge on any atom is 0.244 e. The molecule has 0 bridgehead atoms. The summed E-state index contributed by atoms with van der Waals surface area (Å²) in [6, 6.07) is 3.50. The molecule has 0 aliphatic carbocycles. The van der Waals surface area contributed by atoms with Crippen LogP contribution in [-0.4, -0.2) is 48.9 Å². The summed E-state index contributed by atoms with van der Waals surface area (Å²) in [5.41, 5.74) is 0. The van der Waals surface area contributed by atoms with E-state index in [1.807, 2.05) is 24.4 Å². The van der Waals surface area contributed by atoms with Crippen LogP contribution in [0, 0.1) is 0 Å². The quantitative estimate of drug-likeness (QED) is 0.830. The predicted octanol–water partition coefficient (Wildman–Crippen LogP) is 0.227. The lowest BCUT2D eigenvalue weighted by Gasteiger charge is -2.35. The first kappa shape index (κ1) is 14.0. The number of likely N-dealkylation sites (N-methyl/N-ethyl adjacent to an activating group) is 1. The van der Waals surface area contributed by atoms with Gasteiger partial charge in [0.05, 0.1) is 6.42 Å². The average molecular weight is 281 g/mol. The summed E-state index contributed by atoms with van der Waals surface area (Å²) in [6.45, 7) is 4.33. The molecular formula is C13H19N3O2S. The number of amides is 2.